The number of hydrogen-bond donors (Lipinski definition) is 2. The van der Waals surface area contributed by atoms with Gasteiger partial charge < -0.3 is 11.1 Å². The van der Waals surface area contributed by atoms with E-state index in [2.05, 4.69) is 15.3 Å². The maximum absolute atomic E-state index is 12.0. The van der Waals surface area contributed by atoms with Gasteiger partial charge in [0, 0.05) is 17.5 Å². The summed E-state index contributed by atoms with van der Waals surface area (Å²) in [5, 5.41) is 2.75. The molecule has 0 saturated carbocycles. The van der Waals surface area contributed by atoms with E-state index in [4.69, 9.17) is 5.73 Å². The smallest absolute Gasteiger partial charge is 0.257 e. The van der Waals surface area contributed by atoms with Crippen molar-refractivity contribution in [1.82, 2.24) is 9.97 Å². The van der Waals surface area contributed by atoms with Crippen LogP contribution in [0.4, 0.5) is 11.6 Å². The van der Waals surface area contributed by atoms with Crippen molar-refractivity contribution in [2.45, 2.75) is 13.8 Å². The van der Waals surface area contributed by atoms with Gasteiger partial charge in [0.2, 0.25) is 0 Å². The molecule has 0 atom stereocenters. The van der Waals surface area contributed by atoms with Crippen LogP contribution in [0.2, 0.25) is 0 Å². The maximum atomic E-state index is 12.0. The summed E-state index contributed by atoms with van der Waals surface area (Å²) >= 11 is 0. The van der Waals surface area contributed by atoms with Crippen LogP contribution in [0.3, 0.4) is 0 Å². The monoisotopic (exact) mass is 242 g/mol. The number of aryl methyl sites for hydroxylation is 2. The summed E-state index contributed by atoms with van der Waals surface area (Å²) in [6, 6.07) is 6.93. The predicted molar refractivity (Wildman–Crippen MR) is 70.3 cm³/mol. The number of rotatable bonds is 2. The minimum atomic E-state index is -0.242. The van der Waals surface area contributed by atoms with Crippen molar-refractivity contribution >= 4 is 17.5 Å². The minimum Gasteiger partial charge on any atom is -0.384 e. The highest BCUT2D eigenvalue weighted by Gasteiger charge is 2.09. The first kappa shape index (κ1) is 12.0. The molecule has 2 heterocycles. The van der Waals surface area contributed by atoms with Gasteiger partial charge in [-0.1, -0.05) is 6.07 Å². The molecule has 0 unspecified atom stereocenters. The van der Waals surface area contributed by atoms with Crippen molar-refractivity contribution in [2.24, 2.45) is 0 Å². The van der Waals surface area contributed by atoms with E-state index in [1.54, 1.807) is 25.3 Å². The van der Waals surface area contributed by atoms with Crippen LogP contribution in [0.1, 0.15) is 21.6 Å². The Morgan fingerprint density at radius 1 is 1.33 bits per heavy atom. The molecule has 2 aromatic rings. The molecule has 0 fully saturated rings. The molecule has 0 aliphatic carbocycles. The number of hydrogen-bond acceptors (Lipinski definition) is 4. The average Bonchev–Trinajstić information content (AvgIpc) is 2.31. The van der Waals surface area contributed by atoms with Gasteiger partial charge in [0.05, 0.1) is 0 Å². The number of pyridine rings is 2. The molecule has 2 aromatic heterocycles. The SMILES string of the molecule is Cc1cc(C(=O)Nc2ncccc2C)cc(N)n1. The van der Waals surface area contributed by atoms with Gasteiger partial charge in [-0.15, -0.1) is 0 Å². The summed E-state index contributed by atoms with van der Waals surface area (Å²) in [5.41, 5.74) is 7.70. The Hall–Kier alpha value is -2.43. The molecule has 0 radical (unpaired) electrons. The second-order valence-corrected chi connectivity index (χ2v) is 4.05. The highest BCUT2D eigenvalue weighted by atomic mass is 16.1. The Labute approximate surface area is 105 Å². The van der Waals surface area contributed by atoms with Crippen LogP contribution in [0.15, 0.2) is 30.5 Å². The first-order valence-corrected chi connectivity index (χ1v) is 5.53. The maximum Gasteiger partial charge on any atom is 0.257 e. The van der Waals surface area contributed by atoms with Gasteiger partial charge >= 0.3 is 0 Å². The predicted octanol–water partition coefficient (Wildman–Crippen LogP) is 1.93. The zero-order valence-electron chi connectivity index (χ0n) is 10.3. The largest absolute Gasteiger partial charge is 0.384 e. The number of nitrogens with zero attached hydrogens (tertiary/aromatic N) is 2. The Kier molecular flexibility index (Phi) is 3.23. The van der Waals surface area contributed by atoms with E-state index in [1.165, 1.54) is 0 Å². The lowest BCUT2D eigenvalue weighted by Crippen LogP contribution is -2.14. The number of nitrogen functional groups attached to an aromatic ring is 1. The minimum absolute atomic E-state index is 0.242. The third-order valence-electron chi connectivity index (χ3n) is 2.48. The molecule has 0 saturated heterocycles. The highest BCUT2D eigenvalue weighted by Crippen LogP contribution is 2.13. The summed E-state index contributed by atoms with van der Waals surface area (Å²) in [7, 11) is 0. The van der Waals surface area contributed by atoms with Crippen molar-refractivity contribution in [3.05, 3.63) is 47.3 Å². The Bertz CT molecular complexity index is 575. The van der Waals surface area contributed by atoms with Crippen LogP contribution in [-0.4, -0.2) is 15.9 Å². The number of carbonyl (C=O) groups is 1. The molecular weight excluding hydrogens is 228 g/mol. The second-order valence-electron chi connectivity index (χ2n) is 4.05. The summed E-state index contributed by atoms with van der Waals surface area (Å²) in [4.78, 5) is 20.2. The van der Waals surface area contributed by atoms with Crippen LogP contribution < -0.4 is 11.1 Å². The van der Waals surface area contributed by atoms with Gasteiger partial charge in [0.25, 0.3) is 5.91 Å². The van der Waals surface area contributed by atoms with Gasteiger partial charge in [-0.3, -0.25) is 4.79 Å². The highest BCUT2D eigenvalue weighted by molar-refractivity contribution is 6.04. The molecule has 0 aromatic carbocycles. The van der Waals surface area contributed by atoms with Crippen LogP contribution in [-0.2, 0) is 0 Å². The quantitative estimate of drug-likeness (QED) is 0.843. The summed E-state index contributed by atoms with van der Waals surface area (Å²) in [6.07, 6.45) is 1.63. The molecule has 5 nitrogen and oxygen atoms in total. The van der Waals surface area contributed by atoms with Crippen LogP contribution >= 0.6 is 0 Å². The number of nitrogens with one attached hydrogen (secondary N) is 1. The number of carbonyl (C=O) groups excluding carboxylic acids is 1. The summed E-state index contributed by atoms with van der Waals surface area (Å²) in [6.45, 7) is 3.67. The van der Waals surface area contributed by atoms with E-state index in [9.17, 15) is 4.79 Å². The molecule has 92 valence electrons. The molecule has 0 spiro atoms. The fourth-order valence-corrected chi connectivity index (χ4v) is 1.62. The van der Waals surface area contributed by atoms with E-state index in [0.717, 1.165) is 5.56 Å². The van der Waals surface area contributed by atoms with Crippen molar-refractivity contribution < 1.29 is 4.79 Å². The topological polar surface area (TPSA) is 80.9 Å². The fourth-order valence-electron chi connectivity index (χ4n) is 1.62. The number of aromatic nitrogens is 2. The standard InChI is InChI=1S/C13H14N4O/c1-8-4-3-5-15-12(8)17-13(18)10-6-9(2)16-11(14)7-10/h3-7H,1-2H3,(H2,14,16)(H,15,17,18). The Balaban J connectivity index is 2.25. The van der Waals surface area contributed by atoms with Gasteiger partial charge in [0.1, 0.15) is 11.6 Å². The first-order valence-electron chi connectivity index (χ1n) is 5.53. The molecule has 18 heavy (non-hydrogen) atoms. The lowest BCUT2D eigenvalue weighted by molar-refractivity contribution is 0.102. The van der Waals surface area contributed by atoms with Gasteiger partial charge in [-0.25, -0.2) is 9.97 Å². The van der Waals surface area contributed by atoms with Crippen molar-refractivity contribution in [3.8, 4) is 0 Å². The Morgan fingerprint density at radius 2 is 2.11 bits per heavy atom. The van der Waals surface area contributed by atoms with E-state index < -0.39 is 0 Å². The molecule has 3 N–H and O–H groups in total. The molecule has 1 amide bonds. The van der Waals surface area contributed by atoms with Crippen molar-refractivity contribution in [2.75, 3.05) is 11.1 Å². The zero-order valence-corrected chi connectivity index (χ0v) is 10.3. The Morgan fingerprint density at radius 3 is 2.78 bits per heavy atom. The van der Waals surface area contributed by atoms with Crippen molar-refractivity contribution in [3.63, 3.8) is 0 Å². The molecule has 0 bridgehead atoms. The average molecular weight is 242 g/mol. The zero-order chi connectivity index (χ0) is 13.1. The second kappa shape index (κ2) is 4.83. The molecule has 5 heteroatoms. The van der Waals surface area contributed by atoms with E-state index in [-0.39, 0.29) is 5.91 Å². The lowest BCUT2D eigenvalue weighted by Gasteiger charge is -2.07. The normalized spacial score (nSPS) is 10.1. The summed E-state index contributed by atoms with van der Waals surface area (Å²) in [5.74, 6) is 0.641. The van der Waals surface area contributed by atoms with Crippen molar-refractivity contribution in [1.29, 1.82) is 0 Å². The van der Waals surface area contributed by atoms with Crippen LogP contribution in [0.25, 0.3) is 0 Å². The molecule has 2 rings (SSSR count). The number of nitrogens with two attached hydrogens (primary N) is 1. The molecule has 0 aliphatic heterocycles. The lowest BCUT2D eigenvalue weighted by atomic mass is 10.2. The van der Waals surface area contributed by atoms with E-state index in [0.29, 0.717) is 22.9 Å². The van der Waals surface area contributed by atoms with Gasteiger partial charge in [0.15, 0.2) is 0 Å². The number of amides is 1. The third kappa shape index (κ3) is 2.63. The first-order chi connectivity index (χ1) is 8.56. The number of anilines is 2. The third-order valence-corrected chi connectivity index (χ3v) is 2.48. The van der Waals surface area contributed by atoms with Crippen LogP contribution in [0.5, 0.6) is 0 Å². The molecular formula is C13H14N4O. The van der Waals surface area contributed by atoms with Gasteiger partial charge in [-0.2, -0.15) is 0 Å². The molecule has 0 aliphatic rings. The van der Waals surface area contributed by atoms with Crippen LogP contribution in [0, 0.1) is 13.8 Å². The van der Waals surface area contributed by atoms with Gasteiger partial charge in [-0.05, 0) is 37.6 Å². The summed E-state index contributed by atoms with van der Waals surface area (Å²) < 4.78 is 0. The van der Waals surface area contributed by atoms with E-state index in [1.807, 2.05) is 19.1 Å². The fraction of sp³-hybridized carbons (Fsp3) is 0.154. The van der Waals surface area contributed by atoms with E-state index >= 15 is 0 Å².